The number of para-hydroxylation sites is 1. The summed E-state index contributed by atoms with van der Waals surface area (Å²) in [6.07, 6.45) is -0.0221. The molecule has 1 aliphatic rings. The number of carbonyl (C=O) groups excluding carboxylic acids is 2. The second kappa shape index (κ2) is 6.12. The molecule has 0 spiro atoms. The highest BCUT2D eigenvalue weighted by atomic mass is 16.5. The average Bonchev–Trinajstić information content (AvgIpc) is 3.00. The molecule has 5 heteroatoms. The summed E-state index contributed by atoms with van der Waals surface area (Å²) in [4.78, 5) is 24.0. The molecule has 23 heavy (non-hydrogen) atoms. The van der Waals surface area contributed by atoms with E-state index in [-0.39, 0.29) is 5.91 Å². The standard InChI is InChI=1S/C18H17NO4/c1-11-7-8-13(18(21)22-2)9-14(11)19-17(20)16-10-12-5-3-4-6-15(12)23-16/h3-9,16H,10H2,1-2H3,(H,19,20)/t16-/m1/s1. The quantitative estimate of drug-likeness (QED) is 0.885. The van der Waals surface area contributed by atoms with Crippen molar-refractivity contribution in [2.75, 3.05) is 12.4 Å². The van der Waals surface area contributed by atoms with E-state index in [1.165, 1.54) is 7.11 Å². The molecule has 0 saturated carbocycles. The molecule has 2 aromatic carbocycles. The monoisotopic (exact) mass is 311 g/mol. The number of hydrogen-bond donors (Lipinski definition) is 1. The van der Waals surface area contributed by atoms with Gasteiger partial charge in [0.2, 0.25) is 0 Å². The number of amides is 1. The maximum atomic E-state index is 12.4. The van der Waals surface area contributed by atoms with Crippen molar-refractivity contribution in [1.82, 2.24) is 0 Å². The van der Waals surface area contributed by atoms with Crippen molar-refractivity contribution >= 4 is 17.6 Å². The third-order valence-electron chi connectivity index (χ3n) is 3.86. The third-order valence-corrected chi connectivity index (χ3v) is 3.86. The summed E-state index contributed by atoms with van der Waals surface area (Å²) in [6, 6.07) is 12.7. The number of nitrogens with one attached hydrogen (secondary N) is 1. The molecule has 1 heterocycles. The third kappa shape index (κ3) is 3.04. The minimum absolute atomic E-state index is 0.230. The Labute approximate surface area is 134 Å². The largest absolute Gasteiger partial charge is 0.480 e. The lowest BCUT2D eigenvalue weighted by atomic mass is 10.1. The lowest BCUT2D eigenvalue weighted by Gasteiger charge is -2.14. The number of rotatable bonds is 3. The van der Waals surface area contributed by atoms with Gasteiger partial charge in [-0.1, -0.05) is 24.3 Å². The van der Waals surface area contributed by atoms with Gasteiger partial charge >= 0.3 is 5.97 Å². The molecule has 3 rings (SSSR count). The van der Waals surface area contributed by atoms with Crippen LogP contribution in [-0.2, 0) is 16.0 Å². The predicted molar refractivity (Wildman–Crippen MR) is 85.7 cm³/mol. The smallest absolute Gasteiger partial charge is 0.337 e. The van der Waals surface area contributed by atoms with Crippen molar-refractivity contribution < 1.29 is 19.1 Å². The summed E-state index contributed by atoms with van der Waals surface area (Å²) in [5.74, 6) is 0.0732. The van der Waals surface area contributed by atoms with Crippen LogP contribution in [0.1, 0.15) is 21.5 Å². The molecule has 1 atom stereocenters. The topological polar surface area (TPSA) is 64.6 Å². The molecule has 1 amide bonds. The van der Waals surface area contributed by atoms with E-state index in [9.17, 15) is 9.59 Å². The number of esters is 1. The van der Waals surface area contributed by atoms with E-state index >= 15 is 0 Å². The first-order valence-corrected chi connectivity index (χ1v) is 7.33. The van der Waals surface area contributed by atoms with Crippen molar-refractivity contribution in [3.05, 3.63) is 59.2 Å². The van der Waals surface area contributed by atoms with Crippen LogP contribution in [0.25, 0.3) is 0 Å². The molecule has 5 nitrogen and oxygen atoms in total. The number of benzene rings is 2. The molecule has 0 fully saturated rings. The first-order chi connectivity index (χ1) is 11.1. The minimum atomic E-state index is -0.561. The molecule has 0 aromatic heterocycles. The molecule has 1 N–H and O–H groups in total. The van der Waals surface area contributed by atoms with E-state index in [0.29, 0.717) is 17.7 Å². The van der Waals surface area contributed by atoms with E-state index in [1.54, 1.807) is 18.2 Å². The van der Waals surface area contributed by atoms with Crippen LogP contribution in [0.2, 0.25) is 0 Å². The highest BCUT2D eigenvalue weighted by Crippen LogP contribution is 2.29. The number of hydrogen-bond acceptors (Lipinski definition) is 4. The highest BCUT2D eigenvalue weighted by molar-refractivity contribution is 5.97. The normalized spacial score (nSPS) is 15.5. The molecule has 0 aliphatic carbocycles. The summed E-state index contributed by atoms with van der Waals surface area (Å²) < 4.78 is 10.4. The fraction of sp³-hybridized carbons (Fsp3) is 0.222. The molecular weight excluding hydrogens is 294 g/mol. The molecule has 0 bridgehead atoms. The van der Waals surface area contributed by atoms with Crippen LogP contribution in [0.5, 0.6) is 5.75 Å². The zero-order valence-corrected chi connectivity index (χ0v) is 13.0. The van der Waals surface area contributed by atoms with Gasteiger partial charge < -0.3 is 14.8 Å². The molecular formula is C18H17NO4. The van der Waals surface area contributed by atoms with Gasteiger partial charge in [-0.05, 0) is 36.2 Å². The van der Waals surface area contributed by atoms with Crippen molar-refractivity contribution in [3.8, 4) is 5.75 Å². The van der Waals surface area contributed by atoms with Crippen LogP contribution in [0.4, 0.5) is 5.69 Å². The van der Waals surface area contributed by atoms with Gasteiger partial charge in [-0.2, -0.15) is 0 Å². The Morgan fingerprint density at radius 3 is 2.74 bits per heavy atom. The molecule has 1 aliphatic heterocycles. The van der Waals surface area contributed by atoms with E-state index in [0.717, 1.165) is 16.9 Å². The van der Waals surface area contributed by atoms with Crippen molar-refractivity contribution in [3.63, 3.8) is 0 Å². The van der Waals surface area contributed by atoms with Crippen LogP contribution in [0, 0.1) is 6.92 Å². The fourth-order valence-electron chi connectivity index (χ4n) is 2.54. The van der Waals surface area contributed by atoms with Crippen molar-refractivity contribution in [1.29, 1.82) is 0 Å². The maximum Gasteiger partial charge on any atom is 0.337 e. The van der Waals surface area contributed by atoms with E-state index in [1.807, 2.05) is 31.2 Å². The van der Waals surface area contributed by atoms with Gasteiger partial charge in [0.15, 0.2) is 6.10 Å². The lowest BCUT2D eigenvalue weighted by Crippen LogP contribution is -2.31. The second-order valence-corrected chi connectivity index (χ2v) is 5.43. The highest BCUT2D eigenvalue weighted by Gasteiger charge is 2.29. The Balaban J connectivity index is 1.75. The van der Waals surface area contributed by atoms with E-state index in [4.69, 9.17) is 9.47 Å². The first-order valence-electron chi connectivity index (χ1n) is 7.33. The van der Waals surface area contributed by atoms with Gasteiger partial charge in [-0.25, -0.2) is 4.79 Å². The summed E-state index contributed by atoms with van der Waals surface area (Å²) in [7, 11) is 1.32. The second-order valence-electron chi connectivity index (χ2n) is 5.43. The number of carbonyl (C=O) groups is 2. The predicted octanol–water partition coefficient (Wildman–Crippen LogP) is 2.72. The summed E-state index contributed by atoms with van der Waals surface area (Å²) in [5, 5.41) is 2.83. The molecule has 0 radical (unpaired) electrons. The molecule has 118 valence electrons. The average molecular weight is 311 g/mol. The Morgan fingerprint density at radius 2 is 2.00 bits per heavy atom. The van der Waals surface area contributed by atoms with Gasteiger partial charge in [0.05, 0.1) is 12.7 Å². The Morgan fingerprint density at radius 1 is 1.22 bits per heavy atom. The lowest BCUT2D eigenvalue weighted by molar-refractivity contribution is -0.122. The van der Waals surface area contributed by atoms with Gasteiger partial charge in [0.1, 0.15) is 5.75 Å². The zero-order valence-electron chi connectivity index (χ0n) is 13.0. The first kappa shape index (κ1) is 15.1. The SMILES string of the molecule is COC(=O)c1ccc(C)c(NC(=O)[C@H]2Cc3ccccc3O2)c1. The molecule has 2 aromatic rings. The van der Waals surface area contributed by atoms with Gasteiger partial charge in [0.25, 0.3) is 5.91 Å². The number of methoxy groups -OCH3 is 1. The van der Waals surface area contributed by atoms with Crippen molar-refractivity contribution in [2.45, 2.75) is 19.4 Å². The van der Waals surface area contributed by atoms with Gasteiger partial charge in [0, 0.05) is 12.1 Å². The Kier molecular flexibility index (Phi) is 4.02. The number of ether oxygens (including phenoxy) is 2. The Bertz CT molecular complexity index is 744. The minimum Gasteiger partial charge on any atom is -0.480 e. The number of anilines is 1. The van der Waals surface area contributed by atoms with Gasteiger partial charge in [-0.3, -0.25) is 4.79 Å². The molecule has 0 saturated heterocycles. The van der Waals surface area contributed by atoms with Crippen molar-refractivity contribution in [2.24, 2.45) is 0 Å². The van der Waals surface area contributed by atoms with Crippen LogP contribution < -0.4 is 10.1 Å². The molecule has 0 unspecified atom stereocenters. The fourth-order valence-corrected chi connectivity index (χ4v) is 2.54. The van der Waals surface area contributed by atoms with Crippen LogP contribution >= 0.6 is 0 Å². The summed E-state index contributed by atoms with van der Waals surface area (Å²) >= 11 is 0. The Hall–Kier alpha value is -2.82. The van der Waals surface area contributed by atoms with E-state index < -0.39 is 12.1 Å². The van der Waals surface area contributed by atoms with Crippen LogP contribution in [-0.4, -0.2) is 25.1 Å². The maximum absolute atomic E-state index is 12.4. The number of aryl methyl sites for hydroxylation is 1. The zero-order chi connectivity index (χ0) is 16.4. The summed E-state index contributed by atoms with van der Waals surface area (Å²) in [6.45, 7) is 1.86. The van der Waals surface area contributed by atoms with Crippen LogP contribution in [0.15, 0.2) is 42.5 Å². The van der Waals surface area contributed by atoms with Crippen LogP contribution in [0.3, 0.4) is 0 Å². The van der Waals surface area contributed by atoms with Gasteiger partial charge in [-0.15, -0.1) is 0 Å². The number of fused-ring (bicyclic) bond motifs is 1. The summed E-state index contributed by atoms with van der Waals surface area (Å²) in [5.41, 5.74) is 2.86. The van der Waals surface area contributed by atoms with E-state index in [2.05, 4.69) is 5.32 Å².